The number of nitrogens with one attached hydrogen (secondary N) is 1. The number of hydrogen-bond donors (Lipinski definition) is 1. The summed E-state index contributed by atoms with van der Waals surface area (Å²) in [6, 6.07) is 22.7. The smallest absolute Gasteiger partial charge is 0.338 e. The molecule has 1 N–H and O–H groups in total. The number of carbonyl (C=O) groups is 5. The Morgan fingerprint density at radius 2 is 1.48 bits per heavy atom. The second-order valence-electron chi connectivity index (χ2n) is 10.8. The van der Waals surface area contributed by atoms with Crippen LogP contribution in [0.4, 0.5) is 11.4 Å². The van der Waals surface area contributed by atoms with Crippen molar-refractivity contribution in [3.63, 3.8) is 0 Å². The van der Waals surface area contributed by atoms with Crippen LogP contribution < -0.4 is 10.2 Å². The molecule has 0 radical (unpaired) electrons. The molecular weight excluding hydrogens is 508 g/mol. The van der Waals surface area contributed by atoms with Crippen LogP contribution in [0.2, 0.25) is 0 Å². The van der Waals surface area contributed by atoms with Crippen molar-refractivity contribution in [1.82, 2.24) is 0 Å². The number of carbonyl (C=O) groups excluding carboxylic acids is 5. The second kappa shape index (κ2) is 10.2. The first-order valence-corrected chi connectivity index (χ1v) is 13.4. The molecule has 3 aliphatic rings. The predicted octanol–water partition coefficient (Wildman–Crippen LogP) is 4.61. The first kappa shape index (κ1) is 25.7. The van der Waals surface area contributed by atoms with Gasteiger partial charge in [0.25, 0.3) is 5.91 Å². The van der Waals surface area contributed by atoms with Gasteiger partial charge in [0, 0.05) is 11.3 Å². The molecule has 2 saturated carbocycles. The van der Waals surface area contributed by atoms with Crippen molar-refractivity contribution in [2.45, 2.75) is 25.7 Å². The van der Waals surface area contributed by atoms with Gasteiger partial charge in [-0.25, -0.2) is 4.79 Å². The van der Waals surface area contributed by atoms with Crippen LogP contribution in [0.25, 0.3) is 0 Å². The predicted molar refractivity (Wildman–Crippen MR) is 147 cm³/mol. The Hall–Kier alpha value is -4.59. The van der Waals surface area contributed by atoms with Gasteiger partial charge in [0.05, 0.1) is 23.1 Å². The summed E-state index contributed by atoms with van der Waals surface area (Å²) >= 11 is 0. The molecule has 3 aromatic rings. The lowest BCUT2D eigenvalue weighted by Crippen LogP contribution is -2.33. The molecule has 2 bridgehead atoms. The van der Waals surface area contributed by atoms with E-state index in [4.69, 9.17) is 4.74 Å². The van der Waals surface area contributed by atoms with Crippen LogP contribution in [0.1, 0.15) is 52.0 Å². The van der Waals surface area contributed by atoms with Crippen molar-refractivity contribution in [3.05, 3.63) is 95.6 Å². The van der Waals surface area contributed by atoms with Crippen molar-refractivity contribution in [3.8, 4) is 0 Å². The van der Waals surface area contributed by atoms with Crippen LogP contribution >= 0.6 is 0 Å². The molecule has 0 unspecified atom stereocenters. The van der Waals surface area contributed by atoms with Gasteiger partial charge < -0.3 is 10.1 Å². The van der Waals surface area contributed by atoms with E-state index in [1.54, 1.807) is 36.4 Å². The monoisotopic (exact) mass is 536 g/mol. The average Bonchev–Trinajstić information content (AvgIpc) is 3.64. The van der Waals surface area contributed by atoms with Crippen molar-refractivity contribution in [2.75, 3.05) is 16.8 Å². The first-order valence-electron chi connectivity index (χ1n) is 13.4. The first-order chi connectivity index (χ1) is 19.3. The van der Waals surface area contributed by atoms with Crippen LogP contribution in [-0.4, -0.2) is 36.1 Å². The van der Waals surface area contributed by atoms with Crippen LogP contribution in [0.3, 0.4) is 0 Å². The number of nitrogens with zero attached hydrogens (tertiary/aromatic N) is 1. The number of rotatable bonds is 7. The molecule has 8 nitrogen and oxygen atoms in total. The number of fused-ring (bicyclic) bond motifs is 5. The third-order valence-electron chi connectivity index (χ3n) is 8.51. The summed E-state index contributed by atoms with van der Waals surface area (Å²) < 4.78 is 5.13. The Labute approximate surface area is 231 Å². The summed E-state index contributed by atoms with van der Waals surface area (Å²) in [4.78, 5) is 64.3. The van der Waals surface area contributed by atoms with Crippen molar-refractivity contribution in [2.24, 2.45) is 23.7 Å². The minimum atomic E-state index is -0.701. The normalized spacial score (nSPS) is 24.6. The Bertz CT molecular complexity index is 1500. The lowest BCUT2D eigenvalue weighted by atomic mass is 9.73. The highest BCUT2D eigenvalue weighted by Gasteiger charge is 2.64. The van der Waals surface area contributed by atoms with Crippen LogP contribution in [0.5, 0.6) is 0 Å². The molecule has 0 aromatic heterocycles. The number of esters is 1. The Balaban J connectivity index is 1.08. The molecule has 2 aliphatic carbocycles. The lowest BCUT2D eigenvalue weighted by molar-refractivity contribution is -0.123. The molecule has 6 rings (SSSR count). The van der Waals surface area contributed by atoms with Gasteiger partial charge in [-0.15, -0.1) is 0 Å². The fourth-order valence-electron chi connectivity index (χ4n) is 6.74. The number of hydrogen-bond acceptors (Lipinski definition) is 6. The SMILES string of the molecule is CC(=O)c1ccc(NC(=O)COC(=O)c2ccc(N3C(=O)[C@@H]4[C@@H]5C[C@@H]([C@@H]4C3=O)[C@H](c3ccccc3)C5)cc2)cc1. The highest BCUT2D eigenvalue weighted by atomic mass is 16.5. The second-order valence-corrected chi connectivity index (χ2v) is 10.8. The van der Waals surface area contributed by atoms with Crippen molar-refractivity contribution < 1.29 is 28.7 Å². The van der Waals surface area contributed by atoms with E-state index in [1.807, 2.05) is 18.2 Å². The highest BCUT2D eigenvalue weighted by Crippen LogP contribution is 2.61. The minimum Gasteiger partial charge on any atom is -0.452 e. The standard InChI is InChI=1S/C32H28N2O6/c1-18(35)19-7-11-23(12-8-19)33-27(36)17-40-32(39)21-9-13-24(14-10-21)34-30(37)28-22-15-25(20-5-3-2-4-6-20)26(16-22)29(28)31(34)38/h2-14,22,25-26,28-29H,15-17H2,1H3,(H,33,36)/t22-,25-,26+,28+,29-/m0/s1. The molecule has 1 heterocycles. The molecule has 3 fully saturated rings. The van der Waals surface area contributed by atoms with Gasteiger partial charge in [-0.3, -0.25) is 24.1 Å². The number of Topliss-reactive ketones (excluding diaryl/α,β-unsaturated/α-hetero) is 1. The molecule has 202 valence electrons. The summed E-state index contributed by atoms with van der Waals surface area (Å²) in [5.74, 6) is -1.56. The van der Waals surface area contributed by atoms with Gasteiger partial charge >= 0.3 is 5.97 Å². The maximum absolute atomic E-state index is 13.5. The van der Waals surface area contributed by atoms with Gasteiger partial charge in [-0.2, -0.15) is 0 Å². The summed E-state index contributed by atoms with van der Waals surface area (Å²) in [6.07, 6.45) is 1.83. The van der Waals surface area contributed by atoms with Gasteiger partial charge in [-0.1, -0.05) is 30.3 Å². The van der Waals surface area contributed by atoms with Crippen molar-refractivity contribution >= 4 is 40.8 Å². The number of ether oxygens (including phenoxy) is 1. The maximum Gasteiger partial charge on any atom is 0.338 e. The van der Waals surface area contributed by atoms with E-state index < -0.39 is 18.5 Å². The quantitative estimate of drug-likeness (QED) is 0.268. The van der Waals surface area contributed by atoms with E-state index in [0.717, 1.165) is 12.8 Å². The molecule has 0 spiro atoms. The van der Waals surface area contributed by atoms with Gasteiger partial charge in [0.1, 0.15) is 0 Å². The molecule has 8 heteroatoms. The summed E-state index contributed by atoms with van der Waals surface area (Å²) in [5, 5.41) is 2.61. The Kier molecular flexibility index (Phi) is 6.54. The summed E-state index contributed by atoms with van der Waals surface area (Å²) in [6.45, 7) is 0.961. The van der Waals surface area contributed by atoms with E-state index in [-0.39, 0.29) is 46.8 Å². The van der Waals surface area contributed by atoms with E-state index in [1.165, 1.54) is 29.5 Å². The molecule has 40 heavy (non-hydrogen) atoms. The van der Waals surface area contributed by atoms with Crippen LogP contribution in [0.15, 0.2) is 78.9 Å². The maximum atomic E-state index is 13.5. The van der Waals surface area contributed by atoms with Crippen LogP contribution in [0, 0.1) is 23.7 Å². The fraction of sp³-hybridized carbons (Fsp3) is 0.281. The number of anilines is 2. The topological polar surface area (TPSA) is 110 Å². The van der Waals surface area contributed by atoms with Crippen LogP contribution in [-0.2, 0) is 19.1 Å². The minimum absolute atomic E-state index is 0.0806. The Morgan fingerprint density at radius 1 is 0.825 bits per heavy atom. The summed E-state index contributed by atoms with van der Waals surface area (Å²) in [7, 11) is 0. The molecule has 3 aromatic carbocycles. The van der Waals surface area contributed by atoms with Crippen molar-refractivity contribution in [1.29, 1.82) is 0 Å². The zero-order chi connectivity index (χ0) is 28.0. The van der Waals surface area contributed by atoms with Gasteiger partial charge in [-0.05, 0) is 91.6 Å². The van der Waals surface area contributed by atoms with Gasteiger partial charge in [0.2, 0.25) is 11.8 Å². The van der Waals surface area contributed by atoms with Gasteiger partial charge in [0.15, 0.2) is 12.4 Å². The third-order valence-corrected chi connectivity index (χ3v) is 8.51. The van der Waals surface area contributed by atoms with E-state index in [2.05, 4.69) is 17.4 Å². The molecule has 3 amide bonds. The molecular formula is C32H28N2O6. The number of benzene rings is 3. The number of amides is 3. The zero-order valence-electron chi connectivity index (χ0n) is 21.9. The average molecular weight is 537 g/mol. The lowest BCUT2D eigenvalue weighted by Gasteiger charge is -2.28. The van der Waals surface area contributed by atoms with E-state index in [9.17, 15) is 24.0 Å². The largest absolute Gasteiger partial charge is 0.452 e. The number of imide groups is 1. The highest BCUT2D eigenvalue weighted by molar-refractivity contribution is 6.22. The Morgan fingerprint density at radius 3 is 2.15 bits per heavy atom. The fourth-order valence-corrected chi connectivity index (χ4v) is 6.74. The molecule has 1 aliphatic heterocycles. The van der Waals surface area contributed by atoms with E-state index >= 15 is 0 Å². The summed E-state index contributed by atoms with van der Waals surface area (Å²) in [5.41, 5.74) is 2.87. The molecule has 1 saturated heterocycles. The zero-order valence-corrected chi connectivity index (χ0v) is 21.9. The third kappa shape index (κ3) is 4.49. The number of ketones is 1. The molecule has 5 atom stereocenters. The van der Waals surface area contributed by atoms with E-state index in [0.29, 0.717) is 22.9 Å².